The molecule has 5 heterocycles. The Morgan fingerprint density at radius 1 is 0.808 bits per heavy atom. The van der Waals surface area contributed by atoms with Crippen molar-refractivity contribution < 1.29 is 24.8 Å². The van der Waals surface area contributed by atoms with Gasteiger partial charge in [-0.15, -0.1) is 0 Å². The zero-order valence-electron chi connectivity index (χ0n) is 32.0. The number of benzene rings is 1. The maximum absolute atomic E-state index is 10.9. The van der Waals surface area contributed by atoms with Crippen LogP contribution in [0.1, 0.15) is 89.5 Å². The molecule has 1 aromatic heterocycles. The number of aromatic nitrogens is 1. The molecule has 2 aromatic rings. The molecule has 9 nitrogen and oxygen atoms in total. The summed E-state index contributed by atoms with van der Waals surface area (Å²) in [4.78, 5) is 14.6. The number of rotatable bonds is 12. The molecule has 0 radical (unpaired) electrons. The van der Waals surface area contributed by atoms with Gasteiger partial charge in [-0.2, -0.15) is 0 Å². The first-order valence-electron chi connectivity index (χ1n) is 18.8. The van der Waals surface area contributed by atoms with E-state index >= 15 is 0 Å². The minimum atomic E-state index is -0.217. The van der Waals surface area contributed by atoms with E-state index in [9.17, 15) is 15.3 Å². The van der Waals surface area contributed by atoms with Crippen LogP contribution in [-0.4, -0.2) is 65.2 Å². The van der Waals surface area contributed by atoms with Crippen LogP contribution in [0.2, 0.25) is 0 Å². The highest BCUT2D eigenvalue weighted by Gasteiger charge is 2.34. The lowest BCUT2D eigenvalue weighted by Crippen LogP contribution is -2.25. The quantitative estimate of drug-likeness (QED) is 0.202. The number of fused-ring (bicyclic) bond motifs is 6. The standard InChI is InChI=1S/C43H54N4O5/c1-9-27-29(11-3)42-41(40-25(22-50)17-26(51-7)18-39(40)52-8)43-30(12-4)28(10-2)36(47-43)20-34-24(6)32(14-16-49)38(45-34)21-37-31(13-15-48)23(5)33(44-37)19-35(27)46-42/h17-21,23,33,44,47-50H,9-16,22H2,1-8H3/b35-19-,36-20-,38-21-,43-41-. The molecule has 2 atom stereocenters. The first-order valence-corrected chi connectivity index (χ1v) is 18.8. The van der Waals surface area contributed by atoms with E-state index < -0.39 is 0 Å². The van der Waals surface area contributed by atoms with Gasteiger partial charge in [0, 0.05) is 47.4 Å². The number of methoxy groups -OCH3 is 2. The topological polar surface area (TPSA) is 132 Å². The van der Waals surface area contributed by atoms with Gasteiger partial charge in [-0.25, -0.2) is 9.98 Å². The van der Waals surface area contributed by atoms with Crippen LogP contribution in [0.3, 0.4) is 0 Å². The molecule has 276 valence electrons. The minimum Gasteiger partial charge on any atom is -0.497 e. The number of nitrogens with zero attached hydrogens (tertiary/aromatic N) is 2. The maximum atomic E-state index is 10.9. The smallest absolute Gasteiger partial charge is 0.130 e. The number of hydrogen-bond acceptors (Lipinski definition) is 8. The van der Waals surface area contributed by atoms with Crippen molar-refractivity contribution >= 4 is 23.1 Å². The monoisotopic (exact) mass is 706 g/mol. The van der Waals surface area contributed by atoms with Gasteiger partial charge in [-0.1, -0.05) is 34.6 Å². The molecule has 6 rings (SSSR count). The van der Waals surface area contributed by atoms with E-state index in [0.717, 1.165) is 92.8 Å². The molecule has 1 aromatic carbocycles. The van der Waals surface area contributed by atoms with Gasteiger partial charge in [-0.05, 0) is 114 Å². The molecule has 0 amide bonds. The Morgan fingerprint density at radius 3 is 2.15 bits per heavy atom. The Balaban J connectivity index is 1.83. The fraction of sp³-hybridized carbons (Fsp3) is 0.442. The molecule has 0 aliphatic carbocycles. The normalized spacial score (nSPS) is 23.6. The van der Waals surface area contributed by atoms with Crippen LogP contribution in [0.25, 0.3) is 11.6 Å². The summed E-state index contributed by atoms with van der Waals surface area (Å²) in [6.07, 6.45) is 10.7. The zero-order valence-corrected chi connectivity index (χ0v) is 32.0. The summed E-state index contributed by atoms with van der Waals surface area (Å²) >= 11 is 0. The molecule has 52 heavy (non-hydrogen) atoms. The highest BCUT2D eigenvalue weighted by atomic mass is 16.5. The van der Waals surface area contributed by atoms with Gasteiger partial charge in [0.2, 0.25) is 0 Å². The van der Waals surface area contributed by atoms with Gasteiger partial charge in [-0.3, -0.25) is 0 Å². The van der Waals surface area contributed by atoms with E-state index in [1.807, 2.05) is 12.1 Å². The van der Waals surface area contributed by atoms with Crippen molar-refractivity contribution in [2.24, 2.45) is 15.9 Å². The molecule has 0 saturated carbocycles. The molecule has 4 aliphatic rings. The molecule has 0 saturated heterocycles. The SMILES string of the molecule is CCC1=C(CC)/C2=C/C3NC(=C(CCO)C3C)/C=C3N=C(/C=c4\[nH]/c(c(CC)c4CC)=C(/c4c(CO)cc(OC)cc4OC)C1=N2)C(C)=C\3CCO. The summed E-state index contributed by atoms with van der Waals surface area (Å²) in [5.74, 6) is 1.30. The fourth-order valence-corrected chi connectivity index (χ4v) is 8.52. The van der Waals surface area contributed by atoms with Crippen molar-refractivity contribution in [3.8, 4) is 11.5 Å². The van der Waals surface area contributed by atoms with E-state index in [-0.39, 0.29) is 31.8 Å². The second-order valence-corrected chi connectivity index (χ2v) is 13.8. The molecule has 9 heteroatoms. The van der Waals surface area contributed by atoms with Gasteiger partial charge in [0.1, 0.15) is 11.5 Å². The highest BCUT2D eigenvalue weighted by Crippen LogP contribution is 2.42. The van der Waals surface area contributed by atoms with E-state index in [1.54, 1.807) is 14.2 Å². The lowest BCUT2D eigenvalue weighted by molar-refractivity contribution is 0.279. The second-order valence-electron chi connectivity index (χ2n) is 13.8. The van der Waals surface area contributed by atoms with Gasteiger partial charge >= 0.3 is 0 Å². The van der Waals surface area contributed by atoms with E-state index in [1.165, 1.54) is 22.3 Å². The third-order valence-corrected chi connectivity index (χ3v) is 11.2. The Bertz CT molecular complexity index is 2100. The summed E-state index contributed by atoms with van der Waals surface area (Å²) < 4.78 is 11.8. The Labute approximate surface area is 307 Å². The number of aliphatic imine (C=N–C) groups is 2. The summed E-state index contributed by atoms with van der Waals surface area (Å²) in [5.41, 5.74) is 14.7. The predicted molar refractivity (Wildman–Crippen MR) is 209 cm³/mol. The van der Waals surface area contributed by atoms with Crippen molar-refractivity contribution in [1.29, 1.82) is 0 Å². The molecule has 5 N–H and O–H groups in total. The van der Waals surface area contributed by atoms with Gasteiger partial charge in [0.25, 0.3) is 0 Å². The highest BCUT2D eigenvalue weighted by molar-refractivity contribution is 6.34. The number of aromatic amines is 1. The number of aliphatic hydroxyl groups is 3. The van der Waals surface area contributed by atoms with Crippen LogP contribution in [0.5, 0.6) is 11.5 Å². The summed E-state index contributed by atoms with van der Waals surface area (Å²) in [6.45, 7) is 12.9. The van der Waals surface area contributed by atoms with Crippen molar-refractivity contribution in [1.82, 2.24) is 10.3 Å². The summed E-state index contributed by atoms with van der Waals surface area (Å²) in [5, 5.41) is 36.9. The van der Waals surface area contributed by atoms with Gasteiger partial charge in [0.05, 0.1) is 55.0 Å². The van der Waals surface area contributed by atoms with Crippen LogP contribution in [0, 0.1) is 5.92 Å². The first kappa shape index (κ1) is 37.3. The van der Waals surface area contributed by atoms with Crippen molar-refractivity contribution in [3.05, 3.63) is 102 Å². The molecule has 2 unspecified atom stereocenters. The lowest BCUT2D eigenvalue weighted by Gasteiger charge is -2.19. The van der Waals surface area contributed by atoms with E-state index in [2.05, 4.69) is 70.1 Å². The molecule has 0 fully saturated rings. The Kier molecular flexibility index (Phi) is 11.2. The third kappa shape index (κ3) is 6.33. The summed E-state index contributed by atoms with van der Waals surface area (Å²) in [7, 11) is 3.27. The maximum Gasteiger partial charge on any atom is 0.130 e. The van der Waals surface area contributed by atoms with E-state index in [4.69, 9.17) is 19.5 Å². The number of aliphatic hydroxyl groups excluding tert-OH is 3. The fourth-order valence-electron chi connectivity index (χ4n) is 8.52. The van der Waals surface area contributed by atoms with Crippen molar-refractivity contribution in [2.45, 2.75) is 92.7 Å². The number of hydrogen-bond donors (Lipinski definition) is 5. The van der Waals surface area contributed by atoms with Crippen LogP contribution < -0.4 is 25.5 Å². The third-order valence-electron chi connectivity index (χ3n) is 11.2. The molecular formula is C43H54N4O5. The summed E-state index contributed by atoms with van der Waals surface area (Å²) in [6, 6.07) is 3.69. The minimum absolute atomic E-state index is 0.0158. The van der Waals surface area contributed by atoms with Crippen molar-refractivity contribution in [3.63, 3.8) is 0 Å². The largest absolute Gasteiger partial charge is 0.497 e. The number of H-pyrrole nitrogens is 1. The molecule has 4 aliphatic heterocycles. The number of ether oxygens (including phenoxy) is 2. The van der Waals surface area contributed by atoms with Crippen LogP contribution in [0.4, 0.5) is 0 Å². The second kappa shape index (κ2) is 15.7. The molecule has 8 bridgehead atoms. The van der Waals surface area contributed by atoms with Crippen LogP contribution in [0.15, 0.2) is 79.2 Å². The average Bonchev–Trinajstić information content (AvgIpc) is 3.86. The predicted octanol–water partition coefficient (Wildman–Crippen LogP) is 5.38. The number of nitrogens with one attached hydrogen (secondary N) is 2. The number of allylic oxidation sites excluding steroid dienone is 5. The van der Waals surface area contributed by atoms with E-state index in [0.29, 0.717) is 29.9 Å². The Morgan fingerprint density at radius 2 is 1.54 bits per heavy atom. The molecular weight excluding hydrogens is 652 g/mol. The zero-order chi connectivity index (χ0) is 37.3. The average molecular weight is 707 g/mol. The molecule has 0 spiro atoms. The lowest BCUT2D eigenvalue weighted by atomic mass is 9.87. The van der Waals surface area contributed by atoms with Gasteiger partial charge in [0.15, 0.2) is 0 Å². The van der Waals surface area contributed by atoms with Crippen LogP contribution in [-0.2, 0) is 19.4 Å². The first-order chi connectivity index (χ1) is 25.2. The Hall–Kier alpha value is -4.44. The van der Waals surface area contributed by atoms with Gasteiger partial charge < -0.3 is 35.1 Å². The van der Waals surface area contributed by atoms with Crippen LogP contribution >= 0.6 is 0 Å². The van der Waals surface area contributed by atoms with Crippen molar-refractivity contribution in [2.75, 3.05) is 27.4 Å².